The van der Waals surface area contributed by atoms with Crippen LogP contribution in [0.25, 0.3) is 0 Å². The van der Waals surface area contributed by atoms with Crippen LogP contribution >= 0.6 is 0 Å². The fourth-order valence-electron chi connectivity index (χ4n) is 2.12. The van der Waals surface area contributed by atoms with Crippen molar-refractivity contribution in [3.05, 3.63) is 18.1 Å². The Morgan fingerprint density at radius 1 is 1.43 bits per heavy atom. The molecule has 2 heterocycles. The van der Waals surface area contributed by atoms with Crippen molar-refractivity contribution < 1.29 is 14.3 Å². The fraction of sp³-hybridized carbons (Fsp3) is 0.667. The van der Waals surface area contributed by atoms with E-state index in [4.69, 9.17) is 9.47 Å². The van der Waals surface area contributed by atoms with Crippen LogP contribution in [0.2, 0.25) is 0 Å². The molecule has 6 heteroatoms. The molecule has 0 aromatic carbocycles. The molecule has 1 fully saturated rings. The molecule has 116 valence electrons. The van der Waals surface area contributed by atoms with E-state index in [0.29, 0.717) is 19.0 Å². The Bertz CT molecular complexity index is 499. The summed E-state index contributed by atoms with van der Waals surface area (Å²) in [6, 6.07) is 1.84. The summed E-state index contributed by atoms with van der Waals surface area (Å²) in [6.07, 6.45) is 2.80. The van der Waals surface area contributed by atoms with Crippen molar-refractivity contribution in [3.63, 3.8) is 0 Å². The van der Waals surface area contributed by atoms with E-state index in [-0.39, 0.29) is 12.2 Å². The lowest BCUT2D eigenvalue weighted by Crippen LogP contribution is -2.36. The van der Waals surface area contributed by atoms with Crippen LogP contribution in [0.4, 0.5) is 4.79 Å². The first kappa shape index (κ1) is 15.5. The molecule has 2 rings (SSSR count). The summed E-state index contributed by atoms with van der Waals surface area (Å²) in [6.45, 7) is 8.80. The highest BCUT2D eigenvalue weighted by Gasteiger charge is 2.31. The highest BCUT2D eigenvalue weighted by Crippen LogP contribution is 2.19. The van der Waals surface area contributed by atoms with Gasteiger partial charge < -0.3 is 14.4 Å². The zero-order valence-electron chi connectivity index (χ0n) is 13.1. The molecule has 1 aliphatic heterocycles. The Balaban J connectivity index is 1.89. The molecule has 6 nitrogen and oxygen atoms in total. The molecule has 1 saturated heterocycles. The van der Waals surface area contributed by atoms with Crippen LogP contribution in [0.1, 0.15) is 39.8 Å². The second-order valence-electron chi connectivity index (χ2n) is 6.16. The molecule has 1 aromatic heterocycles. The van der Waals surface area contributed by atoms with Crippen molar-refractivity contribution in [2.24, 2.45) is 0 Å². The third kappa shape index (κ3) is 4.58. The van der Waals surface area contributed by atoms with E-state index in [1.165, 1.54) is 6.33 Å². The molecule has 0 aliphatic carbocycles. The van der Waals surface area contributed by atoms with Gasteiger partial charge >= 0.3 is 6.09 Å². The minimum Gasteiger partial charge on any atom is -0.472 e. The lowest BCUT2D eigenvalue weighted by molar-refractivity contribution is 0.0275. The Labute approximate surface area is 125 Å². The number of aryl methyl sites for hydroxylation is 1. The van der Waals surface area contributed by atoms with Crippen LogP contribution in [0.5, 0.6) is 5.88 Å². The Hall–Kier alpha value is -1.85. The standard InChI is InChI=1S/C15H23N3O3/c1-5-11-8-13(17-10-16-11)20-12-6-7-18(9-12)14(19)21-15(2,3)4/h8,10,12H,5-7,9H2,1-4H3/t12-/m0/s1. The molecule has 0 bridgehead atoms. The van der Waals surface area contributed by atoms with Crippen molar-refractivity contribution in [3.8, 4) is 5.88 Å². The third-order valence-corrected chi connectivity index (χ3v) is 3.14. The number of hydrogen-bond donors (Lipinski definition) is 0. The van der Waals surface area contributed by atoms with Gasteiger partial charge in [0.15, 0.2) is 0 Å². The molecule has 0 unspecified atom stereocenters. The summed E-state index contributed by atoms with van der Waals surface area (Å²) in [5, 5.41) is 0. The number of rotatable bonds is 3. The van der Waals surface area contributed by atoms with Crippen molar-refractivity contribution in [2.45, 2.75) is 52.2 Å². The quantitative estimate of drug-likeness (QED) is 0.856. The van der Waals surface area contributed by atoms with Gasteiger partial charge in [-0.3, -0.25) is 0 Å². The zero-order valence-corrected chi connectivity index (χ0v) is 13.1. The summed E-state index contributed by atoms with van der Waals surface area (Å²) in [5.41, 5.74) is 0.473. The number of carbonyl (C=O) groups excluding carboxylic acids is 1. The van der Waals surface area contributed by atoms with Crippen molar-refractivity contribution in [2.75, 3.05) is 13.1 Å². The number of ether oxygens (including phenoxy) is 2. The van der Waals surface area contributed by atoms with Gasteiger partial charge in [0, 0.05) is 24.7 Å². The van der Waals surface area contributed by atoms with Crippen LogP contribution in [0, 0.1) is 0 Å². The highest BCUT2D eigenvalue weighted by atomic mass is 16.6. The molecular weight excluding hydrogens is 270 g/mol. The lowest BCUT2D eigenvalue weighted by Gasteiger charge is -2.24. The molecule has 0 N–H and O–H groups in total. The molecule has 1 aliphatic rings. The number of amides is 1. The molecule has 1 aromatic rings. The van der Waals surface area contributed by atoms with E-state index < -0.39 is 5.60 Å². The SMILES string of the molecule is CCc1cc(O[C@H]2CCN(C(=O)OC(C)(C)C)C2)ncn1. The predicted molar refractivity (Wildman–Crippen MR) is 78.3 cm³/mol. The van der Waals surface area contributed by atoms with Crippen LogP contribution in [-0.2, 0) is 11.2 Å². The normalized spacial score (nSPS) is 18.7. The topological polar surface area (TPSA) is 64.5 Å². The Morgan fingerprint density at radius 2 is 2.19 bits per heavy atom. The number of nitrogens with zero attached hydrogens (tertiary/aromatic N) is 3. The maximum Gasteiger partial charge on any atom is 0.410 e. The number of carbonyl (C=O) groups is 1. The van der Waals surface area contributed by atoms with E-state index in [1.807, 2.05) is 33.8 Å². The molecule has 1 amide bonds. The molecule has 1 atom stereocenters. The first-order valence-corrected chi connectivity index (χ1v) is 7.33. The summed E-state index contributed by atoms with van der Waals surface area (Å²) in [4.78, 5) is 21.9. The van der Waals surface area contributed by atoms with Gasteiger partial charge in [-0.05, 0) is 27.2 Å². The van der Waals surface area contributed by atoms with Crippen LogP contribution in [0.15, 0.2) is 12.4 Å². The van der Waals surface area contributed by atoms with Gasteiger partial charge in [0.1, 0.15) is 18.0 Å². The summed E-state index contributed by atoms with van der Waals surface area (Å²) >= 11 is 0. The van der Waals surface area contributed by atoms with E-state index in [2.05, 4.69) is 9.97 Å². The number of aromatic nitrogens is 2. The van der Waals surface area contributed by atoms with Gasteiger partial charge in [0.25, 0.3) is 0 Å². The number of hydrogen-bond acceptors (Lipinski definition) is 5. The minimum atomic E-state index is -0.474. The number of likely N-dealkylation sites (tertiary alicyclic amines) is 1. The van der Waals surface area contributed by atoms with E-state index in [0.717, 1.165) is 18.5 Å². The van der Waals surface area contributed by atoms with Gasteiger partial charge in [-0.25, -0.2) is 14.8 Å². The largest absolute Gasteiger partial charge is 0.472 e. The molecule has 0 spiro atoms. The van der Waals surface area contributed by atoms with E-state index in [9.17, 15) is 4.79 Å². The zero-order chi connectivity index (χ0) is 15.5. The maximum absolute atomic E-state index is 12.0. The Morgan fingerprint density at radius 3 is 2.86 bits per heavy atom. The molecule has 0 radical (unpaired) electrons. The summed E-state index contributed by atoms with van der Waals surface area (Å²) in [7, 11) is 0. The molecule has 21 heavy (non-hydrogen) atoms. The smallest absolute Gasteiger partial charge is 0.410 e. The van der Waals surface area contributed by atoms with Gasteiger partial charge in [-0.1, -0.05) is 6.92 Å². The van der Waals surface area contributed by atoms with Gasteiger partial charge in [-0.2, -0.15) is 0 Å². The van der Waals surface area contributed by atoms with E-state index >= 15 is 0 Å². The second-order valence-corrected chi connectivity index (χ2v) is 6.16. The first-order chi connectivity index (χ1) is 9.87. The maximum atomic E-state index is 12.0. The van der Waals surface area contributed by atoms with Crippen LogP contribution in [0.3, 0.4) is 0 Å². The average molecular weight is 293 g/mol. The van der Waals surface area contributed by atoms with Crippen LogP contribution in [-0.4, -0.2) is 45.8 Å². The molecule has 0 saturated carbocycles. The highest BCUT2D eigenvalue weighted by molar-refractivity contribution is 5.68. The Kier molecular flexibility index (Phi) is 4.65. The summed E-state index contributed by atoms with van der Waals surface area (Å²) < 4.78 is 11.2. The van der Waals surface area contributed by atoms with Crippen molar-refractivity contribution in [1.29, 1.82) is 0 Å². The van der Waals surface area contributed by atoms with E-state index in [1.54, 1.807) is 4.90 Å². The summed E-state index contributed by atoms with van der Waals surface area (Å²) in [5.74, 6) is 0.567. The van der Waals surface area contributed by atoms with Crippen molar-refractivity contribution >= 4 is 6.09 Å². The first-order valence-electron chi connectivity index (χ1n) is 7.33. The fourth-order valence-corrected chi connectivity index (χ4v) is 2.12. The third-order valence-electron chi connectivity index (χ3n) is 3.14. The van der Waals surface area contributed by atoms with Gasteiger partial charge in [0.05, 0.1) is 6.54 Å². The van der Waals surface area contributed by atoms with Crippen LogP contribution < -0.4 is 4.74 Å². The minimum absolute atomic E-state index is 0.0443. The van der Waals surface area contributed by atoms with Gasteiger partial charge in [-0.15, -0.1) is 0 Å². The average Bonchev–Trinajstić information content (AvgIpc) is 2.85. The van der Waals surface area contributed by atoms with Crippen molar-refractivity contribution in [1.82, 2.24) is 14.9 Å². The second kappa shape index (κ2) is 6.28. The van der Waals surface area contributed by atoms with Gasteiger partial charge in [0.2, 0.25) is 5.88 Å². The molecular formula is C15H23N3O3. The predicted octanol–water partition coefficient (Wildman–Crippen LogP) is 2.43. The lowest BCUT2D eigenvalue weighted by atomic mass is 10.2. The monoisotopic (exact) mass is 293 g/mol.